The van der Waals surface area contributed by atoms with Crippen LogP contribution in [0.1, 0.15) is 30.0 Å². The standard InChI is InChI=1S/C24H26F3N3O5S2/c25-24(26,27)21(19-9-5-2-6-10-19)29-20(16-37(34,35)15-18-7-3-1-4-8-18)22(31)30-23(17-28)11-13-36(32,33)14-12-23/h1-10,20-21,29H,11-16H2,(H,30,31)/t20?,21-/m0/s1. The monoisotopic (exact) mass is 557 g/mol. The number of carbonyl (C=O) groups is 1. The van der Waals surface area contributed by atoms with Gasteiger partial charge in [-0.05, 0) is 24.0 Å². The summed E-state index contributed by atoms with van der Waals surface area (Å²) in [5.41, 5.74) is -1.48. The largest absolute Gasteiger partial charge is 0.407 e. The molecule has 200 valence electrons. The molecule has 2 atom stereocenters. The summed E-state index contributed by atoms with van der Waals surface area (Å²) in [5, 5.41) is 14.2. The Hall–Kier alpha value is -2.95. The minimum absolute atomic E-state index is 0.230. The number of carbonyl (C=O) groups excluding carboxylic acids is 1. The third kappa shape index (κ3) is 8.02. The second-order valence-corrected chi connectivity index (χ2v) is 13.4. The van der Waals surface area contributed by atoms with Crippen LogP contribution in [-0.2, 0) is 30.2 Å². The number of nitrogens with one attached hydrogen (secondary N) is 2. The molecule has 0 spiro atoms. The predicted octanol–water partition coefficient (Wildman–Crippen LogP) is 2.45. The Balaban J connectivity index is 1.92. The molecule has 37 heavy (non-hydrogen) atoms. The molecule has 3 rings (SSSR count). The van der Waals surface area contributed by atoms with E-state index in [0.717, 1.165) is 0 Å². The van der Waals surface area contributed by atoms with Gasteiger partial charge in [-0.15, -0.1) is 0 Å². The Morgan fingerprint density at radius 3 is 2.08 bits per heavy atom. The van der Waals surface area contributed by atoms with Gasteiger partial charge in [-0.2, -0.15) is 18.4 Å². The van der Waals surface area contributed by atoms with Crippen LogP contribution in [0.5, 0.6) is 0 Å². The summed E-state index contributed by atoms with van der Waals surface area (Å²) in [6.45, 7) is 0. The van der Waals surface area contributed by atoms with Crippen LogP contribution in [0, 0.1) is 11.3 Å². The van der Waals surface area contributed by atoms with Crippen LogP contribution in [0.2, 0.25) is 0 Å². The topological polar surface area (TPSA) is 133 Å². The number of benzene rings is 2. The molecule has 1 saturated heterocycles. The SMILES string of the molecule is N#CC1(NC(=O)C(CS(=O)(=O)Cc2ccccc2)N[C@@H](c2ccccc2)C(F)(F)F)CCS(=O)(=O)CC1. The molecule has 0 bridgehead atoms. The lowest BCUT2D eigenvalue weighted by molar-refractivity contribution is -0.160. The van der Waals surface area contributed by atoms with E-state index in [1.165, 1.54) is 42.5 Å². The highest BCUT2D eigenvalue weighted by Gasteiger charge is 2.45. The number of hydrogen-bond donors (Lipinski definition) is 2. The molecule has 2 aromatic rings. The predicted molar refractivity (Wildman–Crippen MR) is 130 cm³/mol. The van der Waals surface area contributed by atoms with Crippen LogP contribution >= 0.6 is 0 Å². The fourth-order valence-electron chi connectivity index (χ4n) is 4.04. The number of nitriles is 1. The molecule has 1 fully saturated rings. The molecule has 2 aromatic carbocycles. The molecule has 1 unspecified atom stereocenters. The first-order chi connectivity index (χ1) is 17.2. The summed E-state index contributed by atoms with van der Waals surface area (Å²) >= 11 is 0. The number of alkyl halides is 3. The van der Waals surface area contributed by atoms with Crippen LogP contribution in [-0.4, -0.2) is 57.8 Å². The molecular formula is C24H26F3N3O5S2. The van der Waals surface area contributed by atoms with Crippen LogP contribution in [0.4, 0.5) is 13.2 Å². The summed E-state index contributed by atoms with van der Waals surface area (Å²) in [5.74, 6) is -3.40. The van der Waals surface area contributed by atoms with E-state index in [2.05, 4.69) is 10.6 Å². The summed E-state index contributed by atoms with van der Waals surface area (Å²) in [4.78, 5) is 13.3. The molecule has 8 nitrogen and oxygen atoms in total. The molecular weight excluding hydrogens is 531 g/mol. The number of nitrogens with zero attached hydrogens (tertiary/aromatic N) is 1. The second kappa shape index (κ2) is 11.2. The van der Waals surface area contributed by atoms with Gasteiger partial charge >= 0.3 is 6.18 Å². The molecule has 1 amide bonds. The molecule has 0 radical (unpaired) electrons. The van der Waals surface area contributed by atoms with Crippen LogP contribution in [0.3, 0.4) is 0 Å². The van der Waals surface area contributed by atoms with Crippen molar-refractivity contribution >= 4 is 25.6 Å². The van der Waals surface area contributed by atoms with Gasteiger partial charge in [-0.3, -0.25) is 10.1 Å². The van der Waals surface area contributed by atoms with Crippen molar-refractivity contribution in [3.8, 4) is 6.07 Å². The normalized spacial score (nSPS) is 18.8. The Kier molecular flexibility index (Phi) is 8.66. The van der Waals surface area contributed by atoms with Gasteiger partial charge in [0.2, 0.25) is 5.91 Å². The first kappa shape index (κ1) is 28.6. The number of amides is 1. The molecule has 2 N–H and O–H groups in total. The molecule has 0 aromatic heterocycles. The Morgan fingerprint density at radius 2 is 1.57 bits per heavy atom. The van der Waals surface area contributed by atoms with E-state index in [0.29, 0.717) is 5.56 Å². The minimum Gasteiger partial charge on any atom is -0.336 e. The molecule has 1 aliphatic rings. The Labute approximate surface area is 213 Å². The van der Waals surface area contributed by atoms with Crippen LogP contribution in [0.25, 0.3) is 0 Å². The lowest BCUT2D eigenvalue weighted by atomic mass is 9.93. The van der Waals surface area contributed by atoms with Crippen LogP contribution < -0.4 is 10.6 Å². The van der Waals surface area contributed by atoms with E-state index in [1.54, 1.807) is 18.2 Å². The summed E-state index contributed by atoms with van der Waals surface area (Å²) < 4.78 is 91.6. The Morgan fingerprint density at radius 1 is 1.03 bits per heavy atom. The molecule has 1 aliphatic heterocycles. The highest BCUT2D eigenvalue weighted by atomic mass is 32.2. The van der Waals surface area contributed by atoms with Gasteiger partial charge in [0, 0.05) is 0 Å². The summed E-state index contributed by atoms with van der Waals surface area (Å²) in [7, 11) is -7.53. The van der Waals surface area contributed by atoms with E-state index < -0.39 is 60.9 Å². The number of halogens is 3. The number of sulfone groups is 2. The molecule has 13 heteroatoms. The van der Waals surface area contributed by atoms with Crippen molar-refractivity contribution in [2.45, 2.75) is 42.4 Å². The van der Waals surface area contributed by atoms with Crippen molar-refractivity contribution in [1.29, 1.82) is 5.26 Å². The van der Waals surface area contributed by atoms with Gasteiger partial charge in [0.1, 0.15) is 17.6 Å². The highest BCUT2D eigenvalue weighted by molar-refractivity contribution is 7.91. The van der Waals surface area contributed by atoms with Gasteiger partial charge in [-0.1, -0.05) is 60.7 Å². The van der Waals surface area contributed by atoms with Crippen molar-refractivity contribution in [3.05, 3.63) is 71.8 Å². The second-order valence-electron chi connectivity index (χ2n) is 8.98. The van der Waals surface area contributed by atoms with Crippen molar-refractivity contribution in [2.24, 2.45) is 0 Å². The average molecular weight is 558 g/mol. The third-order valence-corrected chi connectivity index (χ3v) is 9.32. The van der Waals surface area contributed by atoms with Gasteiger partial charge in [0.15, 0.2) is 19.7 Å². The Bertz CT molecular complexity index is 1330. The number of hydrogen-bond acceptors (Lipinski definition) is 7. The summed E-state index contributed by atoms with van der Waals surface area (Å²) in [6.07, 6.45) is -5.40. The third-order valence-electron chi connectivity index (χ3n) is 6.05. The van der Waals surface area contributed by atoms with Crippen molar-refractivity contribution < 1.29 is 34.8 Å². The molecule has 0 saturated carbocycles. The van der Waals surface area contributed by atoms with Crippen molar-refractivity contribution in [3.63, 3.8) is 0 Å². The van der Waals surface area contributed by atoms with Gasteiger partial charge in [-0.25, -0.2) is 16.8 Å². The highest BCUT2D eigenvalue weighted by Crippen LogP contribution is 2.33. The van der Waals surface area contributed by atoms with Crippen molar-refractivity contribution in [2.75, 3.05) is 17.3 Å². The smallest absolute Gasteiger partial charge is 0.336 e. The van der Waals surface area contributed by atoms with Gasteiger partial charge in [0.25, 0.3) is 0 Å². The maximum Gasteiger partial charge on any atom is 0.407 e. The van der Waals surface area contributed by atoms with E-state index in [1.807, 2.05) is 6.07 Å². The average Bonchev–Trinajstić information content (AvgIpc) is 2.83. The lowest BCUT2D eigenvalue weighted by Gasteiger charge is -2.34. The van der Waals surface area contributed by atoms with E-state index in [-0.39, 0.29) is 29.9 Å². The zero-order chi connectivity index (χ0) is 27.3. The fourth-order valence-corrected chi connectivity index (χ4v) is 7.14. The van der Waals surface area contributed by atoms with Crippen LogP contribution in [0.15, 0.2) is 60.7 Å². The maximum atomic E-state index is 14.0. The minimum atomic E-state index is -4.88. The van der Waals surface area contributed by atoms with Gasteiger partial charge in [0.05, 0.1) is 29.1 Å². The zero-order valence-electron chi connectivity index (χ0n) is 19.6. The first-order valence-electron chi connectivity index (χ1n) is 11.3. The summed E-state index contributed by atoms with van der Waals surface area (Å²) in [6, 6.07) is 12.2. The maximum absolute atomic E-state index is 14.0. The fraction of sp³-hybridized carbons (Fsp3) is 0.417. The first-order valence-corrected chi connectivity index (χ1v) is 14.9. The van der Waals surface area contributed by atoms with Gasteiger partial charge < -0.3 is 5.32 Å². The quantitative estimate of drug-likeness (QED) is 0.484. The van der Waals surface area contributed by atoms with E-state index >= 15 is 0 Å². The number of rotatable bonds is 9. The zero-order valence-corrected chi connectivity index (χ0v) is 21.2. The molecule has 0 aliphatic carbocycles. The van der Waals surface area contributed by atoms with E-state index in [9.17, 15) is 40.1 Å². The molecule has 1 heterocycles. The lowest BCUT2D eigenvalue weighted by Crippen LogP contribution is -2.59. The van der Waals surface area contributed by atoms with E-state index in [4.69, 9.17) is 0 Å². The van der Waals surface area contributed by atoms with Crippen molar-refractivity contribution in [1.82, 2.24) is 10.6 Å².